The van der Waals surface area contributed by atoms with Gasteiger partial charge in [-0.05, 0) is 26.0 Å². The van der Waals surface area contributed by atoms with Gasteiger partial charge in [-0.1, -0.05) is 47.5 Å². The molecule has 3 heteroatoms. The first kappa shape index (κ1) is 12.5. The van der Waals surface area contributed by atoms with E-state index in [-0.39, 0.29) is 5.75 Å². The fraction of sp³-hybridized carbons (Fsp3) is 0.118. The largest absolute Gasteiger partial charge is 0.504 e. The van der Waals surface area contributed by atoms with Crippen LogP contribution >= 0.6 is 0 Å². The van der Waals surface area contributed by atoms with Gasteiger partial charge in [0.2, 0.25) is 0 Å². The monoisotopic (exact) mass is 264 g/mol. The Morgan fingerprint density at radius 2 is 1.40 bits per heavy atom. The van der Waals surface area contributed by atoms with E-state index >= 15 is 0 Å². The highest BCUT2D eigenvalue weighted by atomic mass is 16.3. The van der Waals surface area contributed by atoms with Gasteiger partial charge in [0, 0.05) is 5.56 Å². The number of benzene rings is 2. The molecule has 0 aliphatic rings. The lowest BCUT2D eigenvalue weighted by molar-refractivity contribution is 0.477. The fourth-order valence-corrected chi connectivity index (χ4v) is 2.11. The normalized spacial score (nSPS) is 10.7. The third-order valence-corrected chi connectivity index (χ3v) is 3.32. The average Bonchev–Trinajstić information content (AvgIpc) is 2.82. The summed E-state index contributed by atoms with van der Waals surface area (Å²) in [7, 11) is 0. The smallest absolute Gasteiger partial charge is 0.162 e. The number of aromatic hydroxyl groups is 1. The van der Waals surface area contributed by atoms with Crippen LogP contribution in [-0.4, -0.2) is 14.9 Å². The fourth-order valence-electron chi connectivity index (χ4n) is 2.11. The van der Waals surface area contributed by atoms with Crippen molar-refractivity contribution in [3.8, 4) is 22.7 Å². The summed E-state index contributed by atoms with van der Waals surface area (Å²) in [5.41, 5.74) is 4.84. The van der Waals surface area contributed by atoms with E-state index in [4.69, 9.17) is 0 Å². The van der Waals surface area contributed by atoms with Gasteiger partial charge in [-0.15, -0.1) is 0 Å². The van der Waals surface area contributed by atoms with Crippen LogP contribution in [-0.2, 0) is 0 Å². The Balaban J connectivity index is 2.02. The molecule has 1 N–H and O–H groups in total. The van der Waals surface area contributed by atoms with Crippen molar-refractivity contribution in [2.24, 2.45) is 0 Å². The molecule has 1 aromatic heterocycles. The molecule has 3 nitrogen and oxygen atoms in total. The van der Waals surface area contributed by atoms with Crippen LogP contribution in [0.15, 0.2) is 54.7 Å². The van der Waals surface area contributed by atoms with E-state index in [1.165, 1.54) is 11.1 Å². The quantitative estimate of drug-likeness (QED) is 0.763. The van der Waals surface area contributed by atoms with Gasteiger partial charge in [0.15, 0.2) is 5.75 Å². The topological polar surface area (TPSA) is 38.0 Å². The van der Waals surface area contributed by atoms with Gasteiger partial charge in [0.25, 0.3) is 0 Å². The van der Waals surface area contributed by atoms with E-state index in [0.717, 1.165) is 11.3 Å². The molecule has 0 unspecified atom stereocenters. The molecule has 0 amide bonds. The molecular formula is C17H16N2O. The van der Waals surface area contributed by atoms with Gasteiger partial charge in [0.1, 0.15) is 5.69 Å². The summed E-state index contributed by atoms with van der Waals surface area (Å²) in [6, 6.07) is 16.0. The molecule has 0 aliphatic heterocycles. The molecule has 0 radical (unpaired) electrons. The highest BCUT2D eigenvalue weighted by Crippen LogP contribution is 2.28. The number of aryl methyl sites for hydroxylation is 2. The molecule has 3 aromatic rings. The Morgan fingerprint density at radius 3 is 2.00 bits per heavy atom. The first-order valence-corrected chi connectivity index (χ1v) is 6.56. The minimum Gasteiger partial charge on any atom is -0.504 e. The van der Waals surface area contributed by atoms with Crippen LogP contribution in [0.1, 0.15) is 11.1 Å². The maximum Gasteiger partial charge on any atom is 0.162 e. The van der Waals surface area contributed by atoms with Crippen molar-refractivity contribution in [3.63, 3.8) is 0 Å². The molecule has 1 heterocycles. The van der Waals surface area contributed by atoms with Crippen LogP contribution in [0.25, 0.3) is 16.9 Å². The van der Waals surface area contributed by atoms with E-state index in [9.17, 15) is 5.11 Å². The molecule has 0 saturated heterocycles. The predicted octanol–water partition coefficient (Wildman–Crippen LogP) is 3.86. The van der Waals surface area contributed by atoms with E-state index in [1.54, 1.807) is 10.9 Å². The van der Waals surface area contributed by atoms with Crippen LogP contribution in [0.3, 0.4) is 0 Å². The second kappa shape index (κ2) is 4.85. The third kappa shape index (κ3) is 2.30. The van der Waals surface area contributed by atoms with Crippen molar-refractivity contribution in [2.75, 3.05) is 0 Å². The Bertz CT molecular complexity index is 725. The van der Waals surface area contributed by atoms with Crippen LogP contribution in [0, 0.1) is 13.8 Å². The van der Waals surface area contributed by atoms with Gasteiger partial charge >= 0.3 is 0 Å². The Hall–Kier alpha value is -2.55. The third-order valence-electron chi connectivity index (χ3n) is 3.32. The molecule has 2 aromatic carbocycles. The zero-order valence-corrected chi connectivity index (χ0v) is 11.5. The molecule has 0 aliphatic carbocycles. The second-order valence-corrected chi connectivity index (χ2v) is 5.01. The number of aromatic nitrogens is 2. The lowest BCUT2D eigenvalue weighted by Gasteiger charge is -2.01. The summed E-state index contributed by atoms with van der Waals surface area (Å²) >= 11 is 0. The molecular weight excluding hydrogens is 248 g/mol. The lowest BCUT2D eigenvalue weighted by atomic mass is 10.1. The van der Waals surface area contributed by atoms with Crippen molar-refractivity contribution >= 4 is 0 Å². The highest BCUT2D eigenvalue weighted by Gasteiger charge is 2.10. The number of hydrogen-bond donors (Lipinski definition) is 1. The SMILES string of the molecule is Cc1ccc(-c2nn(-c3ccc(C)cc3)cc2O)cc1. The van der Waals surface area contributed by atoms with E-state index in [1.807, 2.05) is 62.4 Å². The Morgan fingerprint density at radius 1 is 0.850 bits per heavy atom. The first-order chi connectivity index (χ1) is 9.63. The van der Waals surface area contributed by atoms with Gasteiger partial charge in [-0.2, -0.15) is 5.10 Å². The Kier molecular flexibility index (Phi) is 3.03. The van der Waals surface area contributed by atoms with Gasteiger partial charge in [-0.25, -0.2) is 4.68 Å². The average molecular weight is 264 g/mol. The summed E-state index contributed by atoms with van der Waals surface area (Å²) < 4.78 is 1.70. The van der Waals surface area contributed by atoms with Crippen molar-refractivity contribution in [3.05, 3.63) is 65.9 Å². The van der Waals surface area contributed by atoms with E-state index < -0.39 is 0 Å². The van der Waals surface area contributed by atoms with E-state index in [0.29, 0.717) is 5.69 Å². The van der Waals surface area contributed by atoms with Gasteiger partial charge in [0.05, 0.1) is 11.9 Å². The highest BCUT2D eigenvalue weighted by molar-refractivity contribution is 5.66. The van der Waals surface area contributed by atoms with Crippen LogP contribution < -0.4 is 0 Å². The first-order valence-electron chi connectivity index (χ1n) is 6.56. The minimum absolute atomic E-state index is 0.189. The van der Waals surface area contributed by atoms with Crippen LogP contribution in [0.4, 0.5) is 0 Å². The summed E-state index contributed by atoms with van der Waals surface area (Å²) in [6.07, 6.45) is 1.64. The Labute approximate surface area is 118 Å². The zero-order valence-electron chi connectivity index (χ0n) is 11.5. The van der Waals surface area contributed by atoms with Gasteiger partial charge in [-0.3, -0.25) is 0 Å². The van der Waals surface area contributed by atoms with Gasteiger partial charge < -0.3 is 5.11 Å². The minimum atomic E-state index is 0.189. The molecule has 0 bridgehead atoms. The maximum absolute atomic E-state index is 10.1. The molecule has 0 saturated carbocycles. The number of rotatable bonds is 2. The number of hydrogen-bond acceptors (Lipinski definition) is 2. The standard InChI is InChI=1S/C17H16N2O/c1-12-3-7-14(8-4-12)17-16(20)11-19(18-17)15-9-5-13(2)6-10-15/h3-11,20H,1-2H3. The summed E-state index contributed by atoms with van der Waals surface area (Å²) in [4.78, 5) is 0. The molecule has 3 rings (SSSR count). The molecule has 0 atom stereocenters. The van der Waals surface area contributed by atoms with Crippen molar-refractivity contribution < 1.29 is 5.11 Å². The van der Waals surface area contributed by atoms with Crippen LogP contribution in [0.2, 0.25) is 0 Å². The van der Waals surface area contributed by atoms with E-state index in [2.05, 4.69) is 5.10 Å². The predicted molar refractivity (Wildman–Crippen MR) is 80.1 cm³/mol. The summed E-state index contributed by atoms with van der Waals surface area (Å²) in [5, 5.41) is 14.6. The summed E-state index contributed by atoms with van der Waals surface area (Å²) in [5.74, 6) is 0.189. The maximum atomic E-state index is 10.1. The molecule has 100 valence electrons. The molecule has 0 spiro atoms. The zero-order chi connectivity index (χ0) is 14.1. The van der Waals surface area contributed by atoms with Crippen molar-refractivity contribution in [1.82, 2.24) is 9.78 Å². The molecule has 20 heavy (non-hydrogen) atoms. The van der Waals surface area contributed by atoms with Crippen LogP contribution in [0.5, 0.6) is 5.75 Å². The second-order valence-electron chi connectivity index (χ2n) is 5.01. The lowest BCUT2D eigenvalue weighted by Crippen LogP contribution is -1.94. The van der Waals surface area contributed by atoms with Crippen molar-refractivity contribution in [1.29, 1.82) is 0 Å². The van der Waals surface area contributed by atoms with Crippen molar-refractivity contribution in [2.45, 2.75) is 13.8 Å². The summed E-state index contributed by atoms with van der Waals surface area (Å²) in [6.45, 7) is 4.08. The molecule has 0 fully saturated rings. The number of nitrogens with zero attached hydrogens (tertiary/aromatic N) is 2.